The summed E-state index contributed by atoms with van der Waals surface area (Å²) in [5.74, 6) is -2.91. The van der Waals surface area contributed by atoms with Crippen molar-refractivity contribution in [3.05, 3.63) is 10.1 Å². The Hall–Kier alpha value is 0.420. The van der Waals surface area contributed by atoms with Crippen LogP contribution in [0.1, 0.15) is 12.8 Å². The van der Waals surface area contributed by atoms with Gasteiger partial charge >= 0.3 is 11.9 Å². The molecule has 2 bridgehead atoms. The molecule has 20 heavy (non-hydrogen) atoms. The topological polar surface area (TPSA) is 74.6 Å². The first kappa shape index (κ1) is 16.8. The molecule has 2 aliphatic carbocycles. The molecule has 10 heteroatoms. The van der Waals surface area contributed by atoms with Crippen LogP contribution in [0.3, 0.4) is 0 Å². The van der Waals surface area contributed by atoms with Gasteiger partial charge in [0, 0.05) is 0 Å². The van der Waals surface area contributed by atoms with Gasteiger partial charge in [-0.2, -0.15) is 0 Å². The molecule has 112 valence electrons. The molecule has 1 saturated carbocycles. The average Bonchev–Trinajstić information content (AvgIpc) is 2.49. The summed E-state index contributed by atoms with van der Waals surface area (Å²) in [6.07, 6.45) is -1.30. The Labute approximate surface area is 143 Å². The number of allylic oxidation sites excluding steroid dienone is 2. The van der Waals surface area contributed by atoms with Crippen LogP contribution in [0.4, 0.5) is 0 Å². The molecule has 0 heterocycles. The maximum absolute atomic E-state index is 11.7. The van der Waals surface area contributed by atoms with E-state index in [0.29, 0.717) is 0 Å². The molecule has 0 aliphatic heterocycles. The third-order valence-electron chi connectivity index (χ3n) is 3.84. The molecule has 0 radical (unpaired) electrons. The highest BCUT2D eigenvalue weighted by molar-refractivity contribution is 6.66. The van der Waals surface area contributed by atoms with Gasteiger partial charge in [-0.05, 0) is 6.42 Å². The molecule has 0 unspecified atom stereocenters. The molecule has 0 spiro atoms. The van der Waals surface area contributed by atoms with Gasteiger partial charge in [0.15, 0.2) is 4.33 Å². The average molecular weight is 403 g/mol. The van der Waals surface area contributed by atoms with E-state index in [-0.39, 0.29) is 10.1 Å². The predicted octanol–water partition coefficient (Wildman–Crippen LogP) is 3.77. The zero-order chi connectivity index (χ0) is 15.7. The van der Waals surface area contributed by atoms with Crippen LogP contribution in [0.15, 0.2) is 10.1 Å². The Morgan fingerprint density at radius 1 is 1.05 bits per heavy atom. The van der Waals surface area contributed by atoms with Crippen LogP contribution in [0, 0.1) is 5.41 Å². The number of halogens is 6. The summed E-state index contributed by atoms with van der Waals surface area (Å²) in [5.41, 5.74) is -2.07. The third-order valence-corrected chi connectivity index (χ3v) is 8.15. The van der Waals surface area contributed by atoms with Gasteiger partial charge in [-0.3, -0.25) is 9.59 Å². The second kappa shape index (κ2) is 4.46. The lowest BCUT2D eigenvalue weighted by atomic mass is 9.72. The fraction of sp³-hybridized carbons (Fsp3) is 0.600. The first-order chi connectivity index (χ1) is 8.88. The van der Waals surface area contributed by atoms with Crippen molar-refractivity contribution in [3.63, 3.8) is 0 Å². The van der Waals surface area contributed by atoms with Crippen LogP contribution in [0.2, 0.25) is 0 Å². The minimum absolute atomic E-state index is 0.164. The molecule has 0 aromatic carbocycles. The maximum atomic E-state index is 11.7. The van der Waals surface area contributed by atoms with Crippen molar-refractivity contribution in [2.24, 2.45) is 5.41 Å². The highest BCUT2D eigenvalue weighted by Gasteiger charge is 2.85. The summed E-state index contributed by atoms with van der Waals surface area (Å²) in [6, 6.07) is 0. The van der Waals surface area contributed by atoms with Crippen molar-refractivity contribution >= 4 is 81.5 Å². The standard InChI is InChI=1S/C10H6Cl6O4/c11-4-5(12)9(14)7(6(19)20,1-3(17)18)2-8(4,13)10(9,15)16/h1-2H2,(H,17,18)(H,19,20)/t7-,8+,9+/m1/s1. The normalized spacial score (nSPS) is 42.1. The minimum Gasteiger partial charge on any atom is -0.481 e. The van der Waals surface area contributed by atoms with Crippen LogP contribution >= 0.6 is 69.6 Å². The zero-order valence-electron chi connectivity index (χ0n) is 9.39. The zero-order valence-corrected chi connectivity index (χ0v) is 13.9. The van der Waals surface area contributed by atoms with E-state index in [1.807, 2.05) is 0 Å². The molecule has 4 nitrogen and oxygen atoms in total. The van der Waals surface area contributed by atoms with E-state index >= 15 is 0 Å². The number of carboxylic acid groups (broad SMARTS) is 2. The van der Waals surface area contributed by atoms with Crippen LogP contribution in [0.25, 0.3) is 0 Å². The lowest BCUT2D eigenvalue weighted by Gasteiger charge is -2.40. The van der Waals surface area contributed by atoms with Gasteiger partial charge in [0.2, 0.25) is 0 Å². The van der Waals surface area contributed by atoms with Gasteiger partial charge in [-0.25, -0.2) is 0 Å². The molecule has 0 aromatic rings. The van der Waals surface area contributed by atoms with Crippen LogP contribution < -0.4 is 0 Å². The number of fused-ring (bicyclic) bond motifs is 2. The largest absolute Gasteiger partial charge is 0.481 e. The summed E-state index contributed by atoms with van der Waals surface area (Å²) >= 11 is 36.8. The third kappa shape index (κ3) is 1.53. The summed E-state index contributed by atoms with van der Waals surface area (Å²) in [7, 11) is 0. The number of carboxylic acids is 2. The Morgan fingerprint density at radius 2 is 1.55 bits per heavy atom. The number of aliphatic carboxylic acids is 2. The molecule has 2 rings (SSSR count). The maximum Gasteiger partial charge on any atom is 0.312 e. The summed E-state index contributed by atoms with van der Waals surface area (Å²) in [5, 5.41) is 18.0. The highest BCUT2D eigenvalue weighted by Crippen LogP contribution is 2.78. The molecule has 0 saturated heterocycles. The molecular weight excluding hydrogens is 397 g/mol. The number of hydrogen-bond donors (Lipinski definition) is 2. The van der Waals surface area contributed by atoms with Gasteiger partial charge in [0.1, 0.15) is 15.2 Å². The van der Waals surface area contributed by atoms with Gasteiger partial charge < -0.3 is 10.2 Å². The van der Waals surface area contributed by atoms with Gasteiger partial charge in [-0.1, -0.05) is 46.4 Å². The first-order valence-electron chi connectivity index (χ1n) is 5.15. The SMILES string of the molecule is O=C(O)C[C@]1(C(=O)O)C[C@]2(Cl)C(Cl)=C(Cl)[C@@]1(Cl)C2(Cl)Cl. The number of hydrogen-bond acceptors (Lipinski definition) is 2. The van der Waals surface area contributed by atoms with Crippen molar-refractivity contribution in [3.8, 4) is 0 Å². The lowest BCUT2D eigenvalue weighted by Crippen LogP contribution is -2.53. The molecule has 3 atom stereocenters. The van der Waals surface area contributed by atoms with Gasteiger partial charge in [-0.15, -0.1) is 23.2 Å². The van der Waals surface area contributed by atoms with Crippen molar-refractivity contribution in [1.82, 2.24) is 0 Å². The monoisotopic (exact) mass is 400 g/mol. The van der Waals surface area contributed by atoms with Crippen molar-refractivity contribution in [2.75, 3.05) is 0 Å². The van der Waals surface area contributed by atoms with E-state index < -0.39 is 44.3 Å². The van der Waals surface area contributed by atoms with E-state index in [2.05, 4.69) is 0 Å². The molecule has 0 aromatic heterocycles. The number of carbonyl (C=O) groups is 2. The summed E-state index contributed by atoms with van der Waals surface area (Å²) in [4.78, 5) is 18.8. The van der Waals surface area contributed by atoms with E-state index in [1.165, 1.54) is 0 Å². The van der Waals surface area contributed by atoms with E-state index in [9.17, 15) is 14.7 Å². The van der Waals surface area contributed by atoms with Crippen molar-refractivity contribution in [2.45, 2.75) is 26.9 Å². The van der Waals surface area contributed by atoms with Crippen molar-refractivity contribution < 1.29 is 19.8 Å². The van der Waals surface area contributed by atoms with Crippen LogP contribution in [-0.2, 0) is 9.59 Å². The molecular formula is C10H6Cl6O4. The van der Waals surface area contributed by atoms with Gasteiger partial charge in [0.25, 0.3) is 0 Å². The predicted molar refractivity (Wildman–Crippen MR) is 77.3 cm³/mol. The fourth-order valence-corrected chi connectivity index (χ4v) is 5.83. The van der Waals surface area contributed by atoms with Crippen molar-refractivity contribution in [1.29, 1.82) is 0 Å². The van der Waals surface area contributed by atoms with Crippen LogP contribution in [-0.4, -0.2) is 36.2 Å². The second-order valence-corrected chi connectivity index (χ2v) is 8.09. The lowest BCUT2D eigenvalue weighted by molar-refractivity contribution is -0.156. The van der Waals surface area contributed by atoms with E-state index in [1.54, 1.807) is 0 Å². The van der Waals surface area contributed by atoms with Gasteiger partial charge in [0.05, 0.1) is 16.5 Å². The molecule has 1 fully saturated rings. The summed E-state index contributed by atoms with van der Waals surface area (Å²) < 4.78 is -2.06. The number of alkyl halides is 4. The smallest absolute Gasteiger partial charge is 0.312 e. The fourth-order valence-electron chi connectivity index (χ4n) is 2.85. The first-order valence-corrected chi connectivity index (χ1v) is 7.42. The Morgan fingerprint density at radius 3 is 1.85 bits per heavy atom. The Kier molecular flexibility index (Phi) is 3.75. The minimum atomic E-state index is -2.13. The summed E-state index contributed by atoms with van der Waals surface area (Å²) in [6.45, 7) is 0. The van der Waals surface area contributed by atoms with E-state index in [4.69, 9.17) is 74.7 Å². The van der Waals surface area contributed by atoms with E-state index in [0.717, 1.165) is 0 Å². The van der Waals surface area contributed by atoms with Crippen LogP contribution in [0.5, 0.6) is 0 Å². The Bertz CT molecular complexity index is 560. The Balaban J connectivity index is 2.79. The second-order valence-electron chi connectivity index (χ2n) is 4.80. The quantitative estimate of drug-likeness (QED) is 0.705. The molecule has 2 N–H and O–H groups in total. The molecule has 0 amide bonds. The number of rotatable bonds is 3. The molecule has 2 aliphatic rings. The highest BCUT2D eigenvalue weighted by atomic mass is 35.5.